The molecule has 2 amide bonds. The number of fused-ring (bicyclic) bond motifs is 1. The van der Waals surface area contributed by atoms with Gasteiger partial charge < -0.3 is 15.0 Å². The smallest absolute Gasteiger partial charge is 0.248 e. The predicted molar refractivity (Wildman–Crippen MR) is 94.3 cm³/mol. The van der Waals surface area contributed by atoms with Gasteiger partial charge in [-0.05, 0) is 24.1 Å². The van der Waals surface area contributed by atoms with Gasteiger partial charge in [0, 0.05) is 31.7 Å². The lowest BCUT2D eigenvalue weighted by molar-refractivity contribution is -0.105. The van der Waals surface area contributed by atoms with Crippen molar-refractivity contribution >= 4 is 29.3 Å². The van der Waals surface area contributed by atoms with E-state index in [4.69, 9.17) is 10.5 Å². The number of amides is 2. The number of nitrogens with two attached hydrogens (primary N) is 1. The highest BCUT2D eigenvalue weighted by atomic mass is 16.5. The molecule has 8 heteroatoms. The number of imidazole rings is 1. The number of aryl methyl sites for hydroxylation is 1. The second-order valence-corrected chi connectivity index (χ2v) is 6.11. The van der Waals surface area contributed by atoms with Gasteiger partial charge in [-0.3, -0.25) is 19.8 Å². The van der Waals surface area contributed by atoms with E-state index >= 15 is 0 Å². The molecule has 25 heavy (non-hydrogen) atoms. The standard InChI is InChI=1S/C17H23N5O3/c1-2-3-22-15-13(10-21-4-6-25-7-5-21)8-12(16(18)24)9-14(15)20-17(22)19-11-23/h8-9,11H,2-7,10H2,1H3,(H2,18,24)(H,19,20,23). The molecule has 2 heterocycles. The molecule has 3 rings (SSSR count). The van der Waals surface area contributed by atoms with Gasteiger partial charge in [0.2, 0.25) is 18.3 Å². The topological polar surface area (TPSA) is 102 Å². The fourth-order valence-electron chi connectivity index (χ4n) is 3.22. The molecular weight excluding hydrogens is 322 g/mol. The van der Waals surface area contributed by atoms with E-state index in [9.17, 15) is 9.59 Å². The average Bonchev–Trinajstić information content (AvgIpc) is 2.94. The van der Waals surface area contributed by atoms with Crippen LogP contribution in [0.1, 0.15) is 29.3 Å². The van der Waals surface area contributed by atoms with Crippen molar-refractivity contribution in [2.45, 2.75) is 26.4 Å². The molecule has 1 aromatic heterocycles. The first kappa shape index (κ1) is 17.4. The number of carbonyl (C=O) groups excluding carboxylic acids is 2. The molecule has 8 nitrogen and oxygen atoms in total. The van der Waals surface area contributed by atoms with Crippen LogP contribution in [-0.2, 0) is 22.6 Å². The molecule has 0 bridgehead atoms. The molecule has 0 aliphatic carbocycles. The Morgan fingerprint density at radius 1 is 1.40 bits per heavy atom. The molecule has 0 radical (unpaired) electrons. The zero-order valence-electron chi connectivity index (χ0n) is 14.3. The van der Waals surface area contributed by atoms with Gasteiger partial charge >= 0.3 is 0 Å². The van der Waals surface area contributed by atoms with E-state index in [2.05, 4.69) is 22.1 Å². The van der Waals surface area contributed by atoms with Crippen LogP contribution in [0.2, 0.25) is 0 Å². The number of rotatable bonds is 7. The molecular formula is C17H23N5O3. The van der Waals surface area contributed by atoms with E-state index < -0.39 is 5.91 Å². The van der Waals surface area contributed by atoms with Crippen LogP contribution in [0.15, 0.2) is 12.1 Å². The van der Waals surface area contributed by atoms with Crippen LogP contribution >= 0.6 is 0 Å². The van der Waals surface area contributed by atoms with Crippen LogP contribution in [0.25, 0.3) is 11.0 Å². The Hall–Kier alpha value is -2.45. The van der Waals surface area contributed by atoms with Crippen LogP contribution in [0, 0.1) is 0 Å². The number of hydrogen-bond acceptors (Lipinski definition) is 5. The molecule has 1 fully saturated rings. The number of carbonyl (C=O) groups is 2. The number of anilines is 1. The number of primary amides is 1. The summed E-state index contributed by atoms with van der Waals surface area (Å²) < 4.78 is 7.39. The Kier molecular flexibility index (Phi) is 5.30. The van der Waals surface area contributed by atoms with Crippen molar-refractivity contribution in [3.63, 3.8) is 0 Å². The molecule has 0 atom stereocenters. The summed E-state index contributed by atoms with van der Waals surface area (Å²) in [7, 11) is 0. The van der Waals surface area contributed by atoms with Gasteiger partial charge in [0.05, 0.1) is 24.2 Å². The number of nitrogens with zero attached hydrogens (tertiary/aromatic N) is 3. The maximum absolute atomic E-state index is 11.7. The number of aromatic nitrogens is 2. The first-order chi connectivity index (χ1) is 12.1. The number of nitrogens with one attached hydrogen (secondary N) is 1. The second-order valence-electron chi connectivity index (χ2n) is 6.11. The minimum absolute atomic E-state index is 0.426. The summed E-state index contributed by atoms with van der Waals surface area (Å²) in [6.07, 6.45) is 1.51. The first-order valence-electron chi connectivity index (χ1n) is 8.47. The molecule has 0 unspecified atom stereocenters. The summed E-state index contributed by atoms with van der Waals surface area (Å²) >= 11 is 0. The van der Waals surface area contributed by atoms with Crippen LogP contribution in [-0.4, -0.2) is 53.1 Å². The van der Waals surface area contributed by atoms with Gasteiger partial charge in [-0.1, -0.05) is 6.92 Å². The van der Waals surface area contributed by atoms with E-state index in [0.29, 0.717) is 43.2 Å². The van der Waals surface area contributed by atoms with Crippen molar-refractivity contribution in [3.05, 3.63) is 23.3 Å². The van der Waals surface area contributed by atoms with Gasteiger partial charge in [-0.25, -0.2) is 4.98 Å². The summed E-state index contributed by atoms with van der Waals surface area (Å²) in [5.41, 5.74) is 8.49. The van der Waals surface area contributed by atoms with Crippen molar-refractivity contribution in [2.75, 3.05) is 31.6 Å². The molecule has 1 aliphatic heterocycles. The highest BCUT2D eigenvalue weighted by Crippen LogP contribution is 2.27. The molecule has 1 saturated heterocycles. The minimum Gasteiger partial charge on any atom is -0.379 e. The van der Waals surface area contributed by atoms with Gasteiger partial charge in [-0.15, -0.1) is 0 Å². The largest absolute Gasteiger partial charge is 0.379 e. The van der Waals surface area contributed by atoms with Crippen molar-refractivity contribution in [2.24, 2.45) is 5.73 Å². The van der Waals surface area contributed by atoms with E-state index in [-0.39, 0.29) is 0 Å². The Labute approximate surface area is 145 Å². The summed E-state index contributed by atoms with van der Waals surface area (Å²) in [5, 5.41) is 2.65. The van der Waals surface area contributed by atoms with Crippen LogP contribution in [0.4, 0.5) is 5.95 Å². The van der Waals surface area contributed by atoms with Gasteiger partial charge in [0.1, 0.15) is 0 Å². The van der Waals surface area contributed by atoms with Gasteiger partial charge in [0.15, 0.2) is 0 Å². The van der Waals surface area contributed by atoms with Gasteiger partial charge in [0.25, 0.3) is 0 Å². The molecule has 3 N–H and O–H groups in total. The summed E-state index contributed by atoms with van der Waals surface area (Å²) in [6, 6.07) is 3.52. The number of hydrogen-bond donors (Lipinski definition) is 2. The monoisotopic (exact) mass is 345 g/mol. The second kappa shape index (κ2) is 7.62. The Balaban J connectivity index is 2.12. The third-order valence-corrected chi connectivity index (χ3v) is 4.34. The fraction of sp³-hybridized carbons (Fsp3) is 0.471. The lowest BCUT2D eigenvalue weighted by atomic mass is 10.1. The SMILES string of the molecule is CCCn1c(NC=O)nc2cc(C(N)=O)cc(CN3CCOCC3)c21. The van der Waals surface area contributed by atoms with E-state index in [1.165, 1.54) is 0 Å². The number of benzene rings is 1. The first-order valence-corrected chi connectivity index (χ1v) is 8.47. The Bertz CT molecular complexity index is 780. The molecule has 1 aromatic carbocycles. The quantitative estimate of drug-likeness (QED) is 0.727. The Morgan fingerprint density at radius 3 is 2.80 bits per heavy atom. The summed E-state index contributed by atoms with van der Waals surface area (Å²) in [4.78, 5) is 29.4. The number of morpholine rings is 1. The number of ether oxygens (including phenoxy) is 1. The molecule has 2 aromatic rings. The lowest BCUT2D eigenvalue weighted by Crippen LogP contribution is -2.35. The van der Waals surface area contributed by atoms with Gasteiger partial charge in [-0.2, -0.15) is 0 Å². The van der Waals surface area contributed by atoms with Crippen LogP contribution < -0.4 is 11.1 Å². The lowest BCUT2D eigenvalue weighted by Gasteiger charge is -2.27. The highest BCUT2D eigenvalue weighted by molar-refractivity contribution is 5.98. The van der Waals surface area contributed by atoms with E-state index in [1.807, 2.05) is 10.6 Å². The average molecular weight is 345 g/mol. The fourth-order valence-corrected chi connectivity index (χ4v) is 3.22. The third kappa shape index (κ3) is 3.64. The summed E-state index contributed by atoms with van der Waals surface area (Å²) in [6.45, 7) is 6.54. The summed E-state index contributed by atoms with van der Waals surface area (Å²) in [5.74, 6) is -0.00300. The maximum atomic E-state index is 11.7. The normalized spacial score (nSPS) is 15.4. The molecule has 1 aliphatic rings. The molecule has 0 saturated carbocycles. The minimum atomic E-state index is -0.486. The van der Waals surface area contributed by atoms with Crippen LogP contribution in [0.3, 0.4) is 0 Å². The zero-order valence-corrected chi connectivity index (χ0v) is 14.3. The molecule has 0 spiro atoms. The highest BCUT2D eigenvalue weighted by Gasteiger charge is 2.19. The zero-order chi connectivity index (χ0) is 17.8. The van der Waals surface area contributed by atoms with E-state index in [0.717, 1.165) is 37.1 Å². The molecule has 134 valence electrons. The van der Waals surface area contributed by atoms with Crippen molar-refractivity contribution < 1.29 is 14.3 Å². The van der Waals surface area contributed by atoms with Crippen LogP contribution in [0.5, 0.6) is 0 Å². The predicted octanol–water partition coefficient (Wildman–Crippen LogP) is 0.946. The van der Waals surface area contributed by atoms with Crippen molar-refractivity contribution in [3.8, 4) is 0 Å². The maximum Gasteiger partial charge on any atom is 0.248 e. The van der Waals surface area contributed by atoms with Crippen molar-refractivity contribution in [1.29, 1.82) is 0 Å². The van der Waals surface area contributed by atoms with Crippen molar-refractivity contribution in [1.82, 2.24) is 14.5 Å². The Morgan fingerprint density at radius 2 is 2.16 bits per heavy atom. The van der Waals surface area contributed by atoms with E-state index in [1.54, 1.807) is 6.07 Å². The third-order valence-electron chi connectivity index (χ3n) is 4.34.